The Balaban J connectivity index is 1.69. The molecule has 1 aromatic carbocycles. The van der Waals surface area contributed by atoms with E-state index in [-0.39, 0.29) is 17.7 Å². The van der Waals surface area contributed by atoms with Gasteiger partial charge >= 0.3 is 6.03 Å². The van der Waals surface area contributed by atoms with Gasteiger partial charge in [0.2, 0.25) is 11.1 Å². The van der Waals surface area contributed by atoms with Crippen molar-refractivity contribution >= 4 is 23.7 Å². The molecule has 24 heavy (non-hydrogen) atoms. The smallest absolute Gasteiger partial charge is 0.324 e. The van der Waals surface area contributed by atoms with E-state index in [1.54, 1.807) is 4.68 Å². The highest BCUT2D eigenvalue weighted by Gasteiger charge is 2.26. The van der Waals surface area contributed by atoms with Gasteiger partial charge in [-0.05, 0) is 34.0 Å². The quantitative estimate of drug-likeness (QED) is 0.823. The number of carbonyl (C=O) groups is 2. The van der Waals surface area contributed by atoms with Crippen LogP contribution in [0, 0.1) is 0 Å². The van der Waals surface area contributed by atoms with Crippen LogP contribution in [0.5, 0.6) is 0 Å². The van der Waals surface area contributed by atoms with Gasteiger partial charge in [-0.1, -0.05) is 37.7 Å². The number of hydrogen-bond acceptors (Lipinski definition) is 6. The largest absolute Gasteiger partial charge is 0.336 e. The van der Waals surface area contributed by atoms with Crippen LogP contribution in [0.3, 0.4) is 0 Å². The van der Waals surface area contributed by atoms with Gasteiger partial charge in [0.25, 0.3) is 0 Å². The molecule has 0 aliphatic carbocycles. The molecule has 1 N–H and O–H groups in total. The maximum atomic E-state index is 12.1. The van der Waals surface area contributed by atoms with E-state index >= 15 is 0 Å². The Labute approximate surface area is 143 Å². The second-order valence-corrected chi connectivity index (χ2v) is 6.63. The van der Waals surface area contributed by atoms with Crippen molar-refractivity contribution < 1.29 is 9.59 Å². The summed E-state index contributed by atoms with van der Waals surface area (Å²) in [4.78, 5) is 24.8. The third-order valence-corrected chi connectivity index (χ3v) is 4.63. The molecule has 8 nitrogen and oxygen atoms in total. The van der Waals surface area contributed by atoms with Crippen molar-refractivity contribution in [2.45, 2.75) is 24.9 Å². The van der Waals surface area contributed by atoms with Gasteiger partial charge in [-0.3, -0.25) is 9.69 Å². The first kappa shape index (κ1) is 16.4. The van der Waals surface area contributed by atoms with Crippen LogP contribution in [-0.2, 0) is 4.79 Å². The maximum Gasteiger partial charge on any atom is 0.324 e. The van der Waals surface area contributed by atoms with Crippen molar-refractivity contribution in [2.75, 3.05) is 18.8 Å². The molecule has 0 unspecified atom stereocenters. The SMILES string of the molecule is CC(C)c1ccc(-n2nnnc2SCC(=O)N2CCNC2=O)cc1. The van der Waals surface area contributed by atoms with Crippen molar-refractivity contribution in [1.29, 1.82) is 0 Å². The molecule has 1 aliphatic rings. The number of thioether (sulfide) groups is 1. The standard InChI is InChI=1S/C15H18N6O2S/c1-10(2)11-3-5-12(6-4-11)21-15(17-18-19-21)24-9-13(22)20-8-7-16-14(20)23/h3-6,10H,7-9H2,1-2H3,(H,16,23). The van der Waals surface area contributed by atoms with Crippen LogP contribution >= 0.6 is 11.8 Å². The first-order valence-electron chi connectivity index (χ1n) is 7.66. The normalized spacial score (nSPS) is 14.3. The fraction of sp³-hybridized carbons (Fsp3) is 0.400. The first-order chi connectivity index (χ1) is 11.6. The monoisotopic (exact) mass is 346 g/mol. The predicted molar refractivity (Wildman–Crippen MR) is 89.1 cm³/mol. The summed E-state index contributed by atoms with van der Waals surface area (Å²) >= 11 is 1.21. The molecule has 9 heteroatoms. The molecule has 1 aliphatic heterocycles. The zero-order valence-corrected chi connectivity index (χ0v) is 14.3. The molecular weight excluding hydrogens is 328 g/mol. The van der Waals surface area contributed by atoms with Crippen molar-refractivity contribution in [3.05, 3.63) is 29.8 Å². The topological polar surface area (TPSA) is 93.0 Å². The van der Waals surface area contributed by atoms with Gasteiger partial charge in [0.05, 0.1) is 11.4 Å². The number of tetrazole rings is 1. The zero-order chi connectivity index (χ0) is 17.1. The minimum Gasteiger partial charge on any atom is -0.336 e. The first-order valence-corrected chi connectivity index (χ1v) is 8.64. The summed E-state index contributed by atoms with van der Waals surface area (Å²) in [6.45, 7) is 5.16. The number of urea groups is 1. The maximum absolute atomic E-state index is 12.1. The Morgan fingerprint density at radius 2 is 2.08 bits per heavy atom. The molecule has 0 saturated carbocycles. The molecule has 0 radical (unpaired) electrons. The van der Waals surface area contributed by atoms with E-state index in [1.807, 2.05) is 24.3 Å². The lowest BCUT2D eigenvalue weighted by Crippen LogP contribution is -2.35. The van der Waals surface area contributed by atoms with Crippen molar-refractivity contribution in [3.63, 3.8) is 0 Å². The van der Waals surface area contributed by atoms with Gasteiger partial charge in [0.1, 0.15) is 0 Å². The molecule has 126 valence electrons. The Bertz CT molecular complexity index is 743. The summed E-state index contributed by atoms with van der Waals surface area (Å²) in [5.74, 6) is 0.309. The van der Waals surface area contributed by atoms with E-state index in [0.29, 0.717) is 24.2 Å². The second-order valence-electron chi connectivity index (χ2n) is 5.69. The lowest BCUT2D eigenvalue weighted by molar-refractivity contribution is -0.124. The van der Waals surface area contributed by atoms with Gasteiger partial charge < -0.3 is 5.32 Å². The third-order valence-electron chi connectivity index (χ3n) is 3.73. The number of nitrogens with one attached hydrogen (secondary N) is 1. The van der Waals surface area contributed by atoms with Gasteiger partial charge in [-0.2, -0.15) is 4.68 Å². The molecule has 0 spiro atoms. The van der Waals surface area contributed by atoms with E-state index in [2.05, 4.69) is 34.7 Å². The summed E-state index contributed by atoms with van der Waals surface area (Å²) in [7, 11) is 0. The molecule has 3 amide bonds. The summed E-state index contributed by atoms with van der Waals surface area (Å²) in [5, 5.41) is 14.7. The van der Waals surface area contributed by atoms with E-state index in [1.165, 1.54) is 22.2 Å². The average molecular weight is 346 g/mol. The molecule has 2 aromatic rings. The van der Waals surface area contributed by atoms with Crippen LogP contribution in [0.1, 0.15) is 25.3 Å². The fourth-order valence-corrected chi connectivity index (χ4v) is 3.11. The fourth-order valence-electron chi connectivity index (χ4n) is 2.35. The number of aromatic nitrogens is 4. The minimum absolute atomic E-state index is 0.109. The van der Waals surface area contributed by atoms with Crippen LogP contribution < -0.4 is 5.32 Å². The van der Waals surface area contributed by atoms with E-state index in [0.717, 1.165) is 5.69 Å². The average Bonchev–Trinajstić information content (AvgIpc) is 3.21. The second kappa shape index (κ2) is 7.00. The van der Waals surface area contributed by atoms with Crippen LogP contribution in [-0.4, -0.2) is 55.9 Å². The molecule has 3 rings (SSSR count). The molecule has 2 heterocycles. The Morgan fingerprint density at radius 3 is 2.71 bits per heavy atom. The summed E-state index contributed by atoms with van der Waals surface area (Å²) < 4.78 is 1.59. The number of nitrogens with zero attached hydrogens (tertiary/aromatic N) is 5. The van der Waals surface area contributed by atoms with E-state index < -0.39 is 0 Å². The summed E-state index contributed by atoms with van der Waals surface area (Å²) in [6.07, 6.45) is 0. The number of carbonyl (C=O) groups excluding carboxylic acids is 2. The number of hydrogen-bond donors (Lipinski definition) is 1. The molecule has 1 saturated heterocycles. The Kier molecular flexibility index (Phi) is 4.79. The lowest BCUT2D eigenvalue weighted by atomic mass is 10.0. The summed E-state index contributed by atoms with van der Waals surface area (Å²) in [5.41, 5.74) is 2.06. The lowest BCUT2D eigenvalue weighted by Gasteiger charge is -2.11. The van der Waals surface area contributed by atoms with Crippen molar-refractivity contribution in [2.24, 2.45) is 0 Å². The van der Waals surface area contributed by atoms with Crippen LogP contribution in [0.2, 0.25) is 0 Å². The van der Waals surface area contributed by atoms with Crippen molar-refractivity contribution in [1.82, 2.24) is 30.4 Å². The van der Waals surface area contributed by atoms with Gasteiger partial charge in [0.15, 0.2) is 0 Å². The van der Waals surface area contributed by atoms with Crippen molar-refractivity contribution in [3.8, 4) is 5.69 Å². The highest BCUT2D eigenvalue weighted by Crippen LogP contribution is 2.21. The molecule has 0 bridgehead atoms. The van der Waals surface area contributed by atoms with Crippen LogP contribution in [0.25, 0.3) is 5.69 Å². The Morgan fingerprint density at radius 1 is 1.33 bits per heavy atom. The Hall–Kier alpha value is -2.42. The zero-order valence-electron chi connectivity index (χ0n) is 13.5. The third kappa shape index (κ3) is 3.40. The number of rotatable bonds is 5. The highest BCUT2D eigenvalue weighted by molar-refractivity contribution is 7.99. The molecule has 1 fully saturated rings. The molecule has 1 aromatic heterocycles. The molecule has 0 atom stereocenters. The van der Waals surface area contributed by atoms with Gasteiger partial charge in [0, 0.05) is 13.1 Å². The van der Waals surface area contributed by atoms with Crippen LogP contribution in [0.15, 0.2) is 29.4 Å². The predicted octanol–water partition coefficient (Wildman–Crippen LogP) is 1.43. The van der Waals surface area contributed by atoms with Gasteiger partial charge in [-0.15, -0.1) is 5.10 Å². The van der Waals surface area contributed by atoms with E-state index in [4.69, 9.17) is 0 Å². The number of benzene rings is 1. The van der Waals surface area contributed by atoms with Gasteiger partial charge in [-0.25, -0.2) is 4.79 Å². The summed E-state index contributed by atoms with van der Waals surface area (Å²) in [6, 6.07) is 7.63. The highest BCUT2D eigenvalue weighted by atomic mass is 32.2. The van der Waals surface area contributed by atoms with Crippen LogP contribution in [0.4, 0.5) is 4.79 Å². The molecular formula is C15H18N6O2S. The number of amides is 3. The van der Waals surface area contributed by atoms with E-state index in [9.17, 15) is 9.59 Å². The minimum atomic E-state index is -0.343. The number of imide groups is 1.